The van der Waals surface area contributed by atoms with Crippen molar-refractivity contribution < 1.29 is 19.4 Å². The van der Waals surface area contributed by atoms with Crippen LogP contribution in [0.25, 0.3) is 0 Å². The number of hydrogen-bond donors (Lipinski definition) is 2. The minimum atomic E-state index is -0.985. The fourth-order valence-corrected chi connectivity index (χ4v) is 2.10. The van der Waals surface area contributed by atoms with Gasteiger partial charge in [0.15, 0.2) is 0 Å². The molecule has 1 fully saturated rings. The molecule has 1 aromatic carbocycles. The molecule has 0 aliphatic carbocycles. The van der Waals surface area contributed by atoms with E-state index in [9.17, 15) is 9.59 Å². The summed E-state index contributed by atoms with van der Waals surface area (Å²) in [6.07, 6.45) is 2.33. The van der Waals surface area contributed by atoms with Crippen molar-refractivity contribution in [1.82, 2.24) is 5.32 Å². The standard InChI is InChI=1S/C14H17NO4/c16-13(15-9-12-5-2-6-19-12)8-10-3-1-4-11(7-10)14(17)18/h1,3-4,7,12H,2,5-6,8-9H2,(H,15,16)(H,17,18). The predicted octanol–water partition coefficient (Wildman–Crippen LogP) is 1.22. The van der Waals surface area contributed by atoms with E-state index in [2.05, 4.69) is 5.32 Å². The van der Waals surface area contributed by atoms with Gasteiger partial charge in [-0.25, -0.2) is 4.79 Å². The van der Waals surface area contributed by atoms with Crippen LogP contribution < -0.4 is 5.32 Å². The molecule has 1 amide bonds. The number of rotatable bonds is 5. The molecular formula is C14H17NO4. The van der Waals surface area contributed by atoms with E-state index in [-0.39, 0.29) is 24.0 Å². The number of aromatic carboxylic acids is 1. The van der Waals surface area contributed by atoms with Gasteiger partial charge in [0.2, 0.25) is 5.91 Å². The number of carboxylic acids is 1. The van der Waals surface area contributed by atoms with Crippen LogP contribution in [0.2, 0.25) is 0 Å². The number of carbonyl (C=O) groups is 2. The molecule has 19 heavy (non-hydrogen) atoms. The molecule has 102 valence electrons. The van der Waals surface area contributed by atoms with Gasteiger partial charge in [0.05, 0.1) is 18.1 Å². The number of carbonyl (C=O) groups excluding carboxylic acids is 1. The molecule has 2 N–H and O–H groups in total. The molecule has 1 heterocycles. The maximum absolute atomic E-state index is 11.7. The van der Waals surface area contributed by atoms with E-state index in [0.29, 0.717) is 12.1 Å². The second kappa shape index (κ2) is 6.33. The van der Waals surface area contributed by atoms with Crippen LogP contribution in [0.15, 0.2) is 24.3 Å². The lowest BCUT2D eigenvalue weighted by Gasteiger charge is -2.10. The first kappa shape index (κ1) is 13.5. The molecule has 0 bridgehead atoms. The van der Waals surface area contributed by atoms with Crippen LogP contribution in [0, 0.1) is 0 Å². The Hall–Kier alpha value is -1.88. The Morgan fingerprint density at radius 1 is 1.42 bits per heavy atom. The van der Waals surface area contributed by atoms with Crippen molar-refractivity contribution in [2.75, 3.05) is 13.2 Å². The van der Waals surface area contributed by atoms with Gasteiger partial charge < -0.3 is 15.2 Å². The van der Waals surface area contributed by atoms with Gasteiger partial charge in [-0.05, 0) is 30.5 Å². The summed E-state index contributed by atoms with van der Waals surface area (Å²) in [5.41, 5.74) is 0.897. The van der Waals surface area contributed by atoms with Gasteiger partial charge in [0, 0.05) is 13.2 Å². The van der Waals surface area contributed by atoms with Crippen molar-refractivity contribution in [3.05, 3.63) is 35.4 Å². The summed E-state index contributed by atoms with van der Waals surface area (Å²) in [6.45, 7) is 1.29. The highest BCUT2D eigenvalue weighted by molar-refractivity contribution is 5.88. The summed E-state index contributed by atoms with van der Waals surface area (Å²) in [5.74, 6) is -1.10. The third kappa shape index (κ3) is 4.06. The largest absolute Gasteiger partial charge is 0.478 e. The second-order valence-electron chi connectivity index (χ2n) is 4.62. The topological polar surface area (TPSA) is 75.6 Å². The van der Waals surface area contributed by atoms with Crippen LogP contribution in [0.1, 0.15) is 28.8 Å². The third-order valence-electron chi connectivity index (χ3n) is 3.09. The van der Waals surface area contributed by atoms with Crippen LogP contribution in [-0.4, -0.2) is 36.2 Å². The molecule has 0 saturated carbocycles. The van der Waals surface area contributed by atoms with E-state index in [1.807, 2.05) is 0 Å². The Bertz CT molecular complexity index is 466. The SMILES string of the molecule is O=C(Cc1cccc(C(=O)O)c1)NCC1CCCO1. The first-order chi connectivity index (χ1) is 9.15. The second-order valence-corrected chi connectivity index (χ2v) is 4.62. The number of ether oxygens (including phenoxy) is 1. The summed E-state index contributed by atoms with van der Waals surface area (Å²) >= 11 is 0. The average molecular weight is 263 g/mol. The van der Waals surface area contributed by atoms with Gasteiger partial charge in [-0.3, -0.25) is 4.79 Å². The molecule has 2 rings (SSSR count). The summed E-state index contributed by atoms with van der Waals surface area (Å²) < 4.78 is 5.41. The number of nitrogens with one attached hydrogen (secondary N) is 1. The molecule has 0 aromatic heterocycles. The highest BCUT2D eigenvalue weighted by Crippen LogP contribution is 2.11. The summed E-state index contributed by atoms with van der Waals surface area (Å²) in [7, 11) is 0. The molecule has 5 nitrogen and oxygen atoms in total. The Labute approximate surface area is 111 Å². The van der Waals surface area contributed by atoms with E-state index in [1.165, 1.54) is 12.1 Å². The Morgan fingerprint density at radius 2 is 2.26 bits per heavy atom. The molecule has 1 aliphatic heterocycles. The molecule has 1 unspecified atom stereocenters. The van der Waals surface area contributed by atoms with Crippen molar-refractivity contribution in [3.63, 3.8) is 0 Å². The van der Waals surface area contributed by atoms with Gasteiger partial charge >= 0.3 is 5.97 Å². The monoisotopic (exact) mass is 263 g/mol. The van der Waals surface area contributed by atoms with Crippen molar-refractivity contribution in [1.29, 1.82) is 0 Å². The molecule has 1 saturated heterocycles. The molecule has 1 atom stereocenters. The zero-order valence-electron chi connectivity index (χ0n) is 10.6. The van der Waals surface area contributed by atoms with Crippen molar-refractivity contribution in [3.8, 4) is 0 Å². The zero-order chi connectivity index (χ0) is 13.7. The fraction of sp³-hybridized carbons (Fsp3) is 0.429. The van der Waals surface area contributed by atoms with Crippen LogP contribution in [-0.2, 0) is 16.0 Å². The van der Waals surface area contributed by atoms with Crippen molar-refractivity contribution in [2.45, 2.75) is 25.4 Å². The van der Waals surface area contributed by atoms with E-state index in [1.54, 1.807) is 12.1 Å². The van der Waals surface area contributed by atoms with Crippen LogP contribution in [0.4, 0.5) is 0 Å². The number of hydrogen-bond acceptors (Lipinski definition) is 3. The quantitative estimate of drug-likeness (QED) is 0.837. The lowest BCUT2D eigenvalue weighted by Crippen LogP contribution is -2.32. The molecule has 0 spiro atoms. The smallest absolute Gasteiger partial charge is 0.335 e. The highest BCUT2D eigenvalue weighted by Gasteiger charge is 2.16. The van der Waals surface area contributed by atoms with Gasteiger partial charge in [-0.1, -0.05) is 12.1 Å². The van der Waals surface area contributed by atoms with E-state index in [0.717, 1.165) is 19.4 Å². The Balaban J connectivity index is 1.84. The molecule has 5 heteroatoms. The average Bonchev–Trinajstić information content (AvgIpc) is 2.90. The van der Waals surface area contributed by atoms with E-state index in [4.69, 9.17) is 9.84 Å². The summed E-state index contributed by atoms with van der Waals surface area (Å²) in [6, 6.07) is 6.42. The van der Waals surface area contributed by atoms with Crippen LogP contribution >= 0.6 is 0 Å². The minimum absolute atomic E-state index is 0.113. The van der Waals surface area contributed by atoms with Crippen molar-refractivity contribution in [2.24, 2.45) is 0 Å². The van der Waals surface area contributed by atoms with Gasteiger partial charge in [0.25, 0.3) is 0 Å². The first-order valence-corrected chi connectivity index (χ1v) is 6.35. The van der Waals surface area contributed by atoms with Gasteiger partial charge in [-0.2, -0.15) is 0 Å². The van der Waals surface area contributed by atoms with Crippen LogP contribution in [0.3, 0.4) is 0 Å². The van der Waals surface area contributed by atoms with Crippen molar-refractivity contribution >= 4 is 11.9 Å². The molecule has 1 aromatic rings. The normalized spacial score (nSPS) is 18.2. The third-order valence-corrected chi connectivity index (χ3v) is 3.09. The van der Waals surface area contributed by atoms with E-state index >= 15 is 0 Å². The predicted molar refractivity (Wildman–Crippen MR) is 69.1 cm³/mol. The van der Waals surface area contributed by atoms with Crippen LogP contribution in [0.5, 0.6) is 0 Å². The Morgan fingerprint density at radius 3 is 2.95 bits per heavy atom. The maximum Gasteiger partial charge on any atom is 0.335 e. The Kier molecular flexibility index (Phi) is 4.52. The first-order valence-electron chi connectivity index (χ1n) is 6.35. The van der Waals surface area contributed by atoms with Gasteiger partial charge in [-0.15, -0.1) is 0 Å². The highest BCUT2D eigenvalue weighted by atomic mass is 16.5. The molecular weight excluding hydrogens is 246 g/mol. The molecule has 0 radical (unpaired) electrons. The molecule has 1 aliphatic rings. The van der Waals surface area contributed by atoms with Gasteiger partial charge in [0.1, 0.15) is 0 Å². The lowest BCUT2D eigenvalue weighted by molar-refractivity contribution is -0.120. The minimum Gasteiger partial charge on any atom is -0.478 e. The number of benzene rings is 1. The lowest BCUT2D eigenvalue weighted by atomic mass is 10.1. The zero-order valence-corrected chi connectivity index (χ0v) is 10.6. The fourth-order valence-electron chi connectivity index (χ4n) is 2.10. The maximum atomic E-state index is 11.7. The number of carboxylic acid groups (broad SMARTS) is 1. The van der Waals surface area contributed by atoms with E-state index < -0.39 is 5.97 Å². The summed E-state index contributed by atoms with van der Waals surface area (Å²) in [4.78, 5) is 22.6. The number of amides is 1. The summed E-state index contributed by atoms with van der Waals surface area (Å²) in [5, 5.41) is 11.7.